The van der Waals surface area contributed by atoms with E-state index in [4.69, 9.17) is 4.74 Å². The van der Waals surface area contributed by atoms with Crippen molar-refractivity contribution < 1.29 is 14.2 Å². The van der Waals surface area contributed by atoms with Crippen molar-refractivity contribution >= 4 is 0 Å². The first kappa shape index (κ1) is 15.5. The van der Waals surface area contributed by atoms with Crippen molar-refractivity contribution in [3.63, 3.8) is 0 Å². The third kappa shape index (κ3) is 3.42. The fraction of sp³-hybridized carbons (Fsp3) is 0.333. The maximum absolute atomic E-state index is 13.4. The number of hydrogen-bond donors (Lipinski definition) is 1. The average molecular weight is 288 g/mol. The molecule has 2 aromatic carbocycles. The van der Waals surface area contributed by atoms with E-state index in [1.807, 2.05) is 24.3 Å². The molecule has 0 spiro atoms. The highest BCUT2D eigenvalue weighted by molar-refractivity contribution is 5.37. The summed E-state index contributed by atoms with van der Waals surface area (Å²) in [5.74, 6) is -0.297. The van der Waals surface area contributed by atoms with Gasteiger partial charge in [0.1, 0.15) is 6.10 Å². The van der Waals surface area contributed by atoms with Crippen LogP contribution in [0.3, 0.4) is 0 Å². The number of aliphatic hydroxyl groups is 1. The lowest BCUT2D eigenvalue weighted by molar-refractivity contribution is 0.219. The van der Waals surface area contributed by atoms with Crippen molar-refractivity contribution in [3.05, 3.63) is 65.0 Å². The molecule has 1 atom stereocenters. The molecular formula is C18H21FO2. The molecule has 0 amide bonds. The predicted octanol–water partition coefficient (Wildman–Crippen LogP) is 4.21. The zero-order valence-corrected chi connectivity index (χ0v) is 12.9. The zero-order valence-electron chi connectivity index (χ0n) is 12.9. The molecule has 0 aliphatic heterocycles. The fourth-order valence-corrected chi connectivity index (χ4v) is 2.20. The van der Waals surface area contributed by atoms with Gasteiger partial charge in [0.2, 0.25) is 0 Å². The van der Waals surface area contributed by atoms with E-state index in [0.717, 1.165) is 5.56 Å². The number of halogens is 1. The van der Waals surface area contributed by atoms with Gasteiger partial charge in [0.15, 0.2) is 11.6 Å². The van der Waals surface area contributed by atoms with Crippen LogP contribution in [0.25, 0.3) is 0 Å². The van der Waals surface area contributed by atoms with Gasteiger partial charge in [0.25, 0.3) is 0 Å². The Morgan fingerprint density at radius 3 is 2.10 bits per heavy atom. The Kier molecular flexibility index (Phi) is 4.33. The second kappa shape index (κ2) is 5.86. The molecule has 2 rings (SSSR count). The van der Waals surface area contributed by atoms with Crippen molar-refractivity contribution in [2.24, 2.45) is 0 Å². The lowest BCUT2D eigenvalue weighted by Crippen LogP contribution is -2.11. The van der Waals surface area contributed by atoms with Crippen molar-refractivity contribution in [1.82, 2.24) is 0 Å². The van der Waals surface area contributed by atoms with Crippen LogP contribution >= 0.6 is 0 Å². The molecular weight excluding hydrogens is 267 g/mol. The minimum Gasteiger partial charge on any atom is -0.494 e. The van der Waals surface area contributed by atoms with E-state index in [9.17, 15) is 9.50 Å². The topological polar surface area (TPSA) is 29.5 Å². The molecule has 0 aliphatic carbocycles. The van der Waals surface area contributed by atoms with Crippen LogP contribution in [0, 0.1) is 5.82 Å². The van der Waals surface area contributed by atoms with E-state index in [0.29, 0.717) is 5.56 Å². The van der Waals surface area contributed by atoms with E-state index in [1.165, 1.54) is 24.8 Å². The van der Waals surface area contributed by atoms with Gasteiger partial charge in [-0.15, -0.1) is 0 Å². The third-order valence-electron chi connectivity index (χ3n) is 3.58. The second-order valence-electron chi connectivity index (χ2n) is 6.17. The van der Waals surface area contributed by atoms with Crippen LogP contribution in [-0.2, 0) is 5.41 Å². The number of benzene rings is 2. The summed E-state index contributed by atoms with van der Waals surface area (Å²) >= 11 is 0. The normalized spacial score (nSPS) is 13.0. The summed E-state index contributed by atoms with van der Waals surface area (Å²) in [4.78, 5) is 0. The van der Waals surface area contributed by atoms with Gasteiger partial charge in [-0.25, -0.2) is 4.39 Å². The van der Waals surface area contributed by atoms with Crippen molar-refractivity contribution in [2.45, 2.75) is 32.3 Å². The Labute approximate surface area is 125 Å². The van der Waals surface area contributed by atoms with Crippen molar-refractivity contribution in [2.75, 3.05) is 7.11 Å². The van der Waals surface area contributed by atoms with Crippen LogP contribution in [0.2, 0.25) is 0 Å². The first-order valence-electron chi connectivity index (χ1n) is 6.95. The van der Waals surface area contributed by atoms with Crippen LogP contribution in [0.1, 0.15) is 43.6 Å². The van der Waals surface area contributed by atoms with Crippen LogP contribution in [0.4, 0.5) is 4.39 Å². The predicted molar refractivity (Wildman–Crippen MR) is 82.2 cm³/mol. The standard InChI is InChI=1S/C18H21FO2/c1-18(2,3)14-8-5-12(6-9-14)17(20)13-7-10-15(19)16(11-13)21-4/h5-11,17,20H,1-4H3. The molecule has 1 N–H and O–H groups in total. The minimum absolute atomic E-state index is 0.0720. The molecule has 0 radical (unpaired) electrons. The van der Waals surface area contributed by atoms with Gasteiger partial charge in [-0.3, -0.25) is 0 Å². The van der Waals surface area contributed by atoms with E-state index >= 15 is 0 Å². The molecule has 0 saturated heterocycles. The van der Waals surface area contributed by atoms with E-state index < -0.39 is 11.9 Å². The van der Waals surface area contributed by atoms with Gasteiger partial charge in [-0.05, 0) is 34.2 Å². The zero-order chi connectivity index (χ0) is 15.6. The number of ether oxygens (including phenoxy) is 1. The van der Waals surface area contributed by atoms with Gasteiger partial charge in [-0.2, -0.15) is 0 Å². The van der Waals surface area contributed by atoms with Crippen LogP contribution in [0.5, 0.6) is 5.75 Å². The lowest BCUT2D eigenvalue weighted by atomic mass is 9.86. The highest BCUT2D eigenvalue weighted by atomic mass is 19.1. The first-order valence-corrected chi connectivity index (χ1v) is 6.95. The summed E-state index contributed by atoms with van der Waals surface area (Å²) in [5.41, 5.74) is 2.66. The van der Waals surface area contributed by atoms with E-state index in [1.54, 1.807) is 6.07 Å². The summed E-state index contributed by atoms with van der Waals surface area (Å²) in [6.07, 6.45) is -0.798. The SMILES string of the molecule is COc1cc(C(O)c2ccc(C(C)(C)C)cc2)ccc1F. The molecule has 21 heavy (non-hydrogen) atoms. The molecule has 0 aromatic heterocycles. The van der Waals surface area contributed by atoms with Crippen molar-refractivity contribution in [3.8, 4) is 5.75 Å². The number of methoxy groups -OCH3 is 1. The van der Waals surface area contributed by atoms with E-state index in [-0.39, 0.29) is 11.2 Å². The maximum atomic E-state index is 13.4. The van der Waals surface area contributed by atoms with Gasteiger partial charge >= 0.3 is 0 Å². The Balaban J connectivity index is 2.29. The molecule has 0 heterocycles. The van der Waals surface area contributed by atoms with Crippen molar-refractivity contribution in [1.29, 1.82) is 0 Å². The summed E-state index contributed by atoms with van der Waals surface area (Å²) in [7, 11) is 1.41. The molecule has 2 nitrogen and oxygen atoms in total. The summed E-state index contributed by atoms with van der Waals surface area (Å²) in [6.45, 7) is 6.43. The Morgan fingerprint density at radius 1 is 1.00 bits per heavy atom. The van der Waals surface area contributed by atoms with Gasteiger partial charge in [-0.1, -0.05) is 51.1 Å². The molecule has 0 aliphatic rings. The van der Waals surface area contributed by atoms with Crippen LogP contribution < -0.4 is 4.74 Å². The largest absolute Gasteiger partial charge is 0.494 e. The number of rotatable bonds is 3. The highest BCUT2D eigenvalue weighted by Crippen LogP contribution is 2.29. The van der Waals surface area contributed by atoms with Crippen LogP contribution in [0.15, 0.2) is 42.5 Å². The monoisotopic (exact) mass is 288 g/mol. The molecule has 0 fully saturated rings. The third-order valence-corrected chi connectivity index (χ3v) is 3.58. The summed E-state index contributed by atoms with van der Waals surface area (Å²) in [5, 5.41) is 10.4. The number of hydrogen-bond acceptors (Lipinski definition) is 2. The quantitative estimate of drug-likeness (QED) is 0.916. The highest BCUT2D eigenvalue weighted by Gasteiger charge is 2.16. The van der Waals surface area contributed by atoms with E-state index in [2.05, 4.69) is 20.8 Å². The van der Waals surface area contributed by atoms with Gasteiger partial charge in [0.05, 0.1) is 7.11 Å². The van der Waals surface area contributed by atoms with Gasteiger partial charge in [0, 0.05) is 0 Å². The Bertz CT molecular complexity index is 612. The molecule has 1 unspecified atom stereocenters. The molecule has 0 saturated carbocycles. The molecule has 0 bridgehead atoms. The summed E-state index contributed by atoms with van der Waals surface area (Å²) < 4.78 is 18.4. The van der Waals surface area contributed by atoms with Gasteiger partial charge < -0.3 is 9.84 Å². The van der Waals surface area contributed by atoms with Crippen LogP contribution in [-0.4, -0.2) is 12.2 Å². The number of aliphatic hydroxyl groups excluding tert-OH is 1. The average Bonchev–Trinajstić information content (AvgIpc) is 2.46. The molecule has 2 aromatic rings. The molecule has 112 valence electrons. The second-order valence-corrected chi connectivity index (χ2v) is 6.17. The fourth-order valence-electron chi connectivity index (χ4n) is 2.20. The summed E-state index contributed by atoms with van der Waals surface area (Å²) in [6, 6.07) is 12.2. The Morgan fingerprint density at radius 2 is 1.57 bits per heavy atom. The smallest absolute Gasteiger partial charge is 0.165 e. The molecule has 3 heteroatoms. The first-order chi connectivity index (χ1) is 9.82. The minimum atomic E-state index is -0.798. The maximum Gasteiger partial charge on any atom is 0.165 e. The Hall–Kier alpha value is -1.87. The lowest BCUT2D eigenvalue weighted by Gasteiger charge is -2.20.